The number of esters is 1. The fourth-order valence-electron chi connectivity index (χ4n) is 3.89. The molecule has 1 heterocycles. The highest BCUT2D eigenvalue weighted by Crippen LogP contribution is 2.37. The van der Waals surface area contributed by atoms with Gasteiger partial charge in [-0.1, -0.05) is 24.3 Å². The molecule has 162 valence electrons. The van der Waals surface area contributed by atoms with Crippen molar-refractivity contribution in [1.29, 1.82) is 0 Å². The topological polar surface area (TPSA) is 124 Å². The van der Waals surface area contributed by atoms with Gasteiger partial charge in [-0.05, 0) is 37.1 Å². The molecule has 4 rings (SSSR count). The first-order valence-electron chi connectivity index (χ1n) is 9.94. The van der Waals surface area contributed by atoms with E-state index in [1.54, 1.807) is 0 Å². The number of carbonyl (C=O) groups is 4. The van der Waals surface area contributed by atoms with Crippen LogP contribution in [0, 0.1) is 22.0 Å². The first kappa shape index (κ1) is 21.1. The second-order valence-electron chi connectivity index (χ2n) is 7.52. The lowest BCUT2D eigenvalue weighted by Crippen LogP contribution is -2.30. The highest BCUT2D eigenvalue weighted by atomic mass is 16.6. The number of Topliss-reactive ketones (excluding diaryl/α,β-unsaturated/α-hetero) is 1. The first-order chi connectivity index (χ1) is 15.4. The fourth-order valence-corrected chi connectivity index (χ4v) is 3.89. The van der Waals surface area contributed by atoms with Crippen molar-refractivity contribution >= 4 is 34.9 Å². The molecule has 0 bridgehead atoms. The molecule has 2 aromatic carbocycles. The Balaban J connectivity index is 1.40. The van der Waals surface area contributed by atoms with Gasteiger partial charge in [-0.3, -0.25) is 29.4 Å². The van der Waals surface area contributed by atoms with Crippen LogP contribution in [0.2, 0.25) is 0 Å². The lowest BCUT2D eigenvalue weighted by atomic mass is 9.85. The Morgan fingerprint density at radius 2 is 1.59 bits per heavy atom. The smallest absolute Gasteiger partial charge is 0.338 e. The summed E-state index contributed by atoms with van der Waals surface area (Å²) in [7, 11) is 0. The van der Waals surface area contributed by atoms with Gasteiger partial charge in [0.05, 0.1) is 28.0 Å². The number of rotatable bonds is 6. The third-order valence-corrected chi connectivity index (χ3v) is 5.58. The molecule has 0 N–H and O–H groups in total. The number of ether oxygens (including phenoxy) is 1. The second-order valence-corrected chi connectivity index (χ2v) is 7.52. The Labute approximate surface area is 182 Å². The zero-order valence-corrected chi connectivity index (χ0v) is 16.8. The molecule has 1 saturated heterocycles. The van der Waals surface area contributed by atoms with Gasteiger partial charge in [-0.15, -0.1) is 0 Å². The van der Waals surface area contributed by atoms with E-state index in [9.17, 15) is 29.3 Å². The maximum Gasteiger partial charge on any atom is 0.338 e. The summed E-state index contributed by atoms with van der Waals surface area (Å²) in [6, 6.07) is 10.9. The second kappa shape index (κ2) is 8.54. The molecule has 2 atom stereocenters. The van der Waals surface area contributed by atoms with Crippen molar-refractivity contribution in [3.05, 3.63) is 81.9 Å². The number of imide groups is 1. The van der Waals surface area contributed by atoms with Gasteiger partial charge < -0.3 is 4.74 Å². The number of nitrogens with zero attached hydrogens (tertiary/aromatic N) is 2. The molecule has 1 aliphatic heterocycles. The SMILES string of the molecule is O=C(COC(=O)c1ccc(N2C(=O)[C@@H]3CC=CC[C@H]3C2=O)cc1)c1cccc([N+](=O)[O-])c1. The molecule has 0 saturated carbocycles. The van der Waals surface area contributed by atoms with E-state index in [0.717, 1.165) is 11.0 Å². The zero-order valence-electron chi connectivity index (χ0n) is 16.8. The molecule has 2 aromatic rings. The number of fused-ring (bicyclic) bond motifs is 1. The average molecular weight is 434 g/mol. The van der Waals surface area contributed by atoms with E-state index >= 15 is 0 Å². The number of amides is 2. The molecule has 2 aliphatic rings. The monoisotopic (exact) mass is 434 g/mol. The summed E-state index contributed by atoms with van der Waals surface area (Å²) < 4.78 is 5.02. The zero-order chi connectivity index (χ0) is 22.8. The number of anilines is 1. The molecular formula is C23H18N2O7. The van der Waals surface area contributed by atoms with Gasteiger partial charge >= 0.3 is 5.97 Å². The van der Waals surface area contributed by atoms with Gasteiger partial charge in [-0.2, -0.15) is 0 Å². The predicted molar refractivity (Wildman–Crippen MR) is 112 cm³/mol. The number of carbonyl (C=O) groups excluding carboxylic acids is 4. The first-order valence-corrected chi connectivity index (χ1v) is 9.94. The minimum Gasteiger partial charge on any atom is -0.454 e. The molecule has 0 spiro atoms. The van der Waals surface area contributed by atoms with Crippen LogP contribution in [0.25, 0.3) is 0 Å². The van der Waals surface area contributed by atoms with Crippen LogP contribution < -0.4 is 4.90 Å². The van der Waals surface area contributed by atoms with Crippen LogP contribution in [-0.2, 0) is 14.3 Å². The summed E-state index contributed by atoms with van der Waals surface area (Å²) in [4.78, 5) is 61.1. The molecule has 1 aliphatic carbocycles. The van der Waals surface area contributed by atoms with Crippen molar-refractivity contribution in [2.24, 2.45) is 11.8 Å². The van der Waals surface area contributed by atoms with Gasteiger partial charge in [0.25, 0.3) is 5.69 Å². The molecule has 9 heteroatoms. The molecule has 2 amide bonds. The summed E-state index contributed by atoms with van der Waals surface area (Å²) in [5.41, 5.74) is 0.334. The fraction of sp³-hybridized carbons (Fsp3) is 0.217. The highest BCUT2D eigenvalue weighted by molar-refractivity contribution is 6.22. The van der Waals surface area contributed by atoms with Crippen LogP contribution in [-0.4, -0.2) is 35.1 Å². The van der Waals surface area contributed by atoms with Gasteiger partial charge in [-0.25, -0.2) is 4.79 Å². The van der Waals surface area contributed by atoms with Crippen LogP contribution in [0.5, 0.6) is 0 Å². The number of non-ortho nitro benzene ring substituents is 1. The largest absolute Gasteiger partial charge is 0.454 e. The van der Waals surface area contributed by atoms with Crippen molar-refractivity contribution in [1.82, 2.24) is 0 Å². The van der Waals surface area contributed by atoms with Gasteiger partial charge in [0.1, 0.15) is 0 Å². The van der Waals surface area contributed by atoms with Gasteiger partial charge in [0.15, 0.2) is 6.61 Å². The van der Waals surface area contributed by atoms with Crippen LogP contribution in [0.4, 0.5) is 11.4 Å². The number of nitro benzene ring substituents is 1. The van der Waals surface area contributed by atoms with E-state index in [2.05, 4.69) is 0 Å². The van der Waals surface area contributed by atoms with Crippen LogP contribution >= 0.6 is 0 Å². The number of hydrogen-bond donors (Lipinski definition) is 0. The summed E-state index contributed by atoms with van der Waals surface area (Å²) in [6.45, 7) is -0.582. The molecule has 1 fully saturated rings. The Hall–Kier alpha value is -4.14. The molecule has 0 radical (unpaired) electrons. The molecule has 0 aromatic heterocycles. The molecule has 0 unspecified atom stereocenters. The van der Waals surface area contributed by atoms with Crippen molar-refractivity contribution in [2.45, 2.75) is 12.8 Å². The summed E-state index contributed by atoms with van der Waals surface area (Å²) in [5.74, 6) is -2.55. The molecule has 32 heavy (non-hydrogen) atoms. The normalized spacial score (nSPS) is 19.6. The summed E-state index contributed by atoms with van der Waals surface area (Å²) >= 11 is 0. The lowest BCUT2D eigenvalue weighted by molar-refractivity contribution is -0.384. The third-order valence-electron chi connectivity index (χ3n) is 5.58. The van der Waals surface area contributed by atoms with Crippen molar-refractivity contribution < 1.29 is 28.8 Å². The Morgan fingerprint density at radius 3 is 2.19 bits per heavy atom. The van der Waals surface area contributed by atoms with E-state index in [1.165, 1.54) is 42.5 Å². The lowest BCUT2D eigenvalue weighted by Gasteiger charge is -2.15. The minimum absolute atomic E-state index is 0.0596. The van der Waals surface area contributed by atoms with Crippen molar-refractivity contribution in [3.63, 3.8) is 0 Å². The minimum atomic E-state index is -0.771. The highest BCUT2D eigenvalue weighted by Gasteiger charge is 2.47. The van der Waals surface area contributed by atoms with E-state index < -0.39 is 23.3 Å². The molecule has 9 nitrogen and oxygen atoms in total. The standard InChI is InChI=1S/C23H18N2O7/c26-20(15-4-3-5-17(12-15)25(30)31)13-32-23(29)14-8-10-16(11-9-14)24-21(27)18-6-1-2-7-19(18)22(24)28/h1-5,8-12,18-19H,6-7,13H2/t18-,19-/m1/s1. The van der Waals surface area contributed by atoms with E-state index in [1.807, 2.05) is 12.2 Å². The third kappa shape index (κ3) is 3.92. The average Bonchev–Trinajstić information content (AvgIpc) is 3.07. The Morgan fingerprint density at radius 1 is 0.969 bits per heavy atom. The van der Waals surface area contributed by atoms with Gasteiger partial charge in [0.2, 0.25) is 17.6 Å². The molecular weight excluding hydrogens is 416 g/mol. The maximum absolute atomic E-state index is 12.6. The van der Waals surface area contributed by atoms with E-state index in [0.29, 0.717) is 18.5 Å². The predicted octanol–water partition coefficient (Wildman–Crippen LogP) is 3.09. The number of hydrogen-bond acceptors (Lipinski definition) is 7. The van der Waals surface area contributed by atoms with Gasteiger partial charge in [0, 0.05) is 17.7 Å². The number of nitro groups is 1. The van der Waals surface area contributed by atoms with Crippen LogP contribution in [0.1, 0.15) is 33.6 Å². The Bertz CT molecular complexity index is 1130. The quantitative estimate of drug-likeness (QED) is 0.171. The van der Waals surface area contributed by atoms with Crippen LogP contribution in [0.15, 0.2) is 60.7 Å². The number of ketones is 1. The number of allylic oxidation sites excluding steroid dienone is 2. The van der Waals surface area contributed by atoms with E-state index in [-0.39, 0.29) is 40.5 Å². The van der Waals surface area contributed by atoms with Crippen molar-refractivity contribution in [3.8, 4) is 0 Å². The maximum atomic E-state index is 12.6. The van der Waals surface area contributed by atoms with Crippen LogP contribution in [0.3, 0.4) is 0 Å². The summed E-state index contributed by atoms with van der Waals surface area (Å²) in [5, 5.41) is 10.8. The van der Waals surface area contributed by atoms with E-state index in [4.69, 9.17) is 4.74 Å². The number of benzene rings is 2. The summed E-state index contributed by atoms with van der Waals surface area (Å²) in [6.07, 6.45) is 4.89. The Kier molecular flexibility index (Phi) is 5.63. The van der Waals surface area contributed by atoms with Crippen molar-refractivity contribution in [2.75, 3.05) is 11.5 Å².